The summed E-state index contributed by atoms with van der Waals surface area (Å²) in [5, 5.41) is 15.8. The Hall–Kier alpha value is -1.01. The maximum atomic E-state index is 10.7. The van der Waals surface area contributed by atoms with Crippen molar-refractivity contribution in [1.29, 1.82) is 0 Å². The summed E-state index contributed by atoms with van der Waals surface area (Å²) in [4.78, 5) is 11.0. The molecule has 0 amide bonds. The number of aromatic nitrogens is 2. The summed E-state index contributed by atoms with van der Waals surface area (Å²) in [5.41, 5.74) is 0.550. The molecule has 0 aliphatic heterocycles. The minimum absolute atomic E-state index is 0.247. The molecule has 0 bridgehead atoms. The van der Waals surface area contributed by atoms with Gasteiger partial charge >= 0.3 is 5.97 Å². The third kappa shape index (κ3) is 1.91. The molecule has 1 aromatic heterocycles. The summed E-state index contributed by atoms with van der Waals surface area (Å²) >= 11 is 0.934. The lowest BCUT2D eigenvalue weighted by molar-refractivity contribution is 0.0700. The molecular weight excluding hydrogens is 202 g/mol. The highest BCUT2D eigenvalue weighted by atomic mass is 32.1. The van der Waals surface area contributed by atoms with E-state index >= 15 is 0 Å². The number of carboxylic acid groups (broad SMARTS) is 1. The number of nitrogens with one attached hydrogen (secondary N) is 1. The van der Waals surface area contributed by atoms with Gasteiger partial charge < -0.3 is 10.4 Å². The van der Waals surface area contributed by atoms with Crippen molar-refractivity contribution >= 4 is 17.5 Å². The first kappa shape index (κ1) is 9.54. The van der Waals surface area contributed by atoms with E-state index in [1.807, 2.05) is 0 Å². The Balaban J connectivity index is 1.94. The van der Waals surface area contributed by atoms with Crippen LogP contribution in [0.4, 0.5) is 0 Å². The Morgan fingerprint density at radius 2 is 2.43 bits per heavy atom. The van der Waals surface area contributed by atoms with Gasteiger partial charge in [-0.2, -0.15) is 0 Å². The molecular formula is C8H11N3O2S. The molecule has 0 unspecified atom stereocenters. The maximum absolute atomic E-state index is 10.7. The lowest BCUT2D eigenvalue weighted by Gasteiger charge is -2.26. The summed E-state index contributed by atoms with van der Waals surface area (Å²) < 4.78 is 3.64. The first-order chi connectivity index (χ1) is 6.77. The molecule has 2 rings (SSSR count). The normalized spacial score (nSPS) is 16.6. The van der Waals surface area contributed by atoms with Crippen molar-refractivity contribution in [2.75, 3.05) is 0 Å². The fourth-order valence-electron chi connectivity index (χ4n) is 1.34. The molecule has 1 aliphatic carbocycles. The van der Waals surface area contributed by atoms with Gasteiger partial charge in [-0.1, -0.05) is 10.9 Å². The van der Waals surface area contributed by atoms with Crippen molar-refractivity contribution in [2.24, 2.45) is 0 Å². The number of carbonyl (C=O) groups is 1. The van der Waals surface area contributed by atoms with Crippen LogP contribution in [0.2, 0.25) is 0 Å². The minimum Gasteiger partial charge on any atom is -0.477 e. The van der Waals surface area contributed by atoms with Crippen molar-refractivity contribution in [2.45, 2.75) is 31.8 Å². The molecule has 0 saturated heterocycles. The molecule has 0 radical (unpaired) electrons. The molecule has 1 saturated carbocycles. The Labute approximate surface area is 85.3 Å². The van der Waals surface area contributed by atoms with Gasteiger partial charge in [-0.05, 0) is 24.4 Å². The van der Waals surface area contributed by atoms with Crippen LogP contribution < -0.4 is 5.32 Å². The topological polar surface area (TPSA) is 75.1 Å². The Morgan fingerprint density at radius 3 is 3.00 bits per heavy atom. The third-order valence-corrected chi connectivity index (χ3v) is 3.17. The zero-order valence-electron chi connectivity index (χ0n) is 7.56. The van der Waals surface area contributed by atoms with Gasteiger partial charge in [-0.3, -0.25) is 0 Å². The smallest absolute Gasteiger partial charge is 0.349 e. The van der Waals surface area contributed by atoms with E-state index in [4.69, 9.17) is 5.11 Å². The van der Waals surface area contributed by atoms with Gasteiger partial charge in [0.05, 0.1) is 0 Å². The van der Waals surface area contributed by atoms with E-state index in [9.17, 15) is 4.79 Å². The van der Waals surface area contributed by atoms with Crippen LogP contribution >= 0.6 is 11.5 Å². The minimum atomic E-state index is -0.939. The van der Waals surface area contributed by atoms with Crippen LogP contribution in [0.1, 0.15) is 34.6 Å². The van der Waals surface area contributed by atoms with E-state index in [0.29, 0.717) is 18.3 Å². The Morgan fingerprint density at radius 1 is 1.64 bits per heavy atom. The van der Waals surface area contributed by atoms with Gasteiger partial charge in [0.2, 0.25) is 0 Å². The monoisotopic (exact) mass is 213 g/mol. The molecule has 0 spiro atoms. The maximum Gasteiger partial charge on any atom is 0.349 e. The molecule has 1 aliphatic rings. The number of rotatable bonds is 4. The van der Waals surface area contributed by atoms with Gasteiger partial charge in [0.25, 0.3) is 0 Å². The third-order valence-electron chi connectivity index (χ3n) is 2.41. The highest BCUT2D eigenvalue weighted by Gasteiger charge is 2.19. The molecule has 76 valence electrons. The molecule has 0 atom stereocenters. The fraction of sp³-hybridized carbons (Fsp3) is 0.625. The molecule has 0 aromatic carbocycles. The van der Waals surface area contributed by atoms with Crippen molar-refractivity contribution < 1.29 is 9.90 Å². The molecule has 2 N–H and O–H groups in total. The van der Waals surface area contributed by atoms with Crippen LogP contribution in [0.25, 0.3) is 0 Å². The van der Waals surface area contributed by atoms with Gasteiger partial charge in [-0.25, -0.2) is 4.79 Å². The van der Waals surface area contributed by atoms with Gasteiger partial charge in [0, 0.05) is 12.6 Å². The standard InChI is InChI=1S/C8H11N3O2S/c12-8(13)7-6(10-11-14-7)4-9-5-2-1-3-5/h5,9H,1-4H2,(H,12,13). The van der Waals surface area contributed by atoms with E-state index in [1.165, 1.54) is 19.3 Å². The summed E-state index contributed by atoms with van der Waals surface area (Å²) in [6.07, 6.45) is 3.62. The highest BCUT2D eigenvalue weighted by molar-refractivity contribution is 7.07. The lowest BCUT2D eigenvalue weighted by atomic mass is 9.93. The quantitative estimate of drug-likeness (QED) is 0.776. The van der Waals surface area contributed by atoms with Crippen molar-refractivity contribution in [1.82, 2.24) is 14.9 Å². The number of aromatic carboxylic acids is 1. The first-order valence-corrected chi connectivity index (χ1v) is 5.32. The van der Waals surface area contributed by atoms with Crippen LogP contribution in [0.15, 0.2) is 0 Å². The molecule has 5 nitrogen and oxygen atoms in total. The average Bonchev–Trinajstić information content (AvgIpc) is 2.49. The van der Waals surface area contributed by atoms with Crippen LogP contribution in [-0.4, -0.2) is 26.7 Å². The van der Waals surface area contributed by atoms with Crippen LogP contribution in [0, 0.1) is 0 Å². The van der Waals surface area contributed by atoms with Crippen LogP contribution in [0.3, 0.4) is 0 Å². The summed E-state index contributed by atoms with van der Waals surface area (Å²) in [6.45, 7) is 0.517. The second-order valence-corrected chi connectivity index (χ2v) is 4.12. The molecule has 14 heavy (non-hydrogen) atoms. The van der Waals surface area contributed by atoms with E-state index in [0.717, 1.165) is 11.5 Å². The van der Waals surface area contributed by atoms with Gasteiger partial charge in [0.1, 0.15) is 5.69 Å². The number of carboxylic acids is 1. The summed E-state index contributed by atoms with van der Waals surface area (Å²) in [5.74, 6) is -0.939. The molecule has 1 aromatic rings. The van der Waals surface area contributed by atoms with E-state index in [2.05, 4.69) is 14.9 Å². The van der Waals surface area contributed by atoms with Gasteiger partial charge in [-0.15, -0.1) is 5.10 Å². The lowest BCUT2D eigenvalue weighted by Crippen LogP contribution is -2.34. The van der Waals surface area contributed by atoms with Crippen molar-refractivity contribution in [3.8, 4) is 0 Å². The number of hydrogen-bond donors (Lipinski definition) is 2. The van der Waals surface area contributed by atoms with E-state index in [-0.39, 0.29) is 4.88 Å². The van der Waals surface area contributed by atoms with Crippen LogP contribution in [0.5, 0.6) is 0 Å². The van der Waals surface area contributed by atoms with Gasteiger partial charge in [0.15, 0.2) is 4.88 Å². The molecule has 1 heterocycles. The van der Waals surface area contributed by atoms with Crippen molar-refractivity contribution in [3.05, 3.63) is 10.6 Å². The predicted octanol–water partition coefficient (Wildman–Crippen LogP) is 0.878. The van der Waals surface area contributed by atoms with Crippen LogP contribution in [-0.2, 0) is 6.54 Å². The second kappa shape index (κ2) is 4.02. The molecule has 6 heteroatoms. The zero-order chi connectivity index (χ0) is 9.97. The predicted molar refractivity (Wildman–Crippen MR) is 51.3 cm³/mol. The Bertz CT molecular complexity index is 335. The zero-order valence-corrected chi connectivity index (χ0v) is 8.38. The Kier molecular flexibility index (Phi) is 2.74. The number of hydrogen-bond acceptors (Lipinski definition) is 5. The molecule has 1 fully saturated rings. The second-order valence-electron chi connectivity index (χ2n) is 3.36. The first-order valence-electron chi connectivity index (χ1n) is 4.55. The summed E-state index contributed by atoms with van der Waals surface area (Å²) in [6, 6.07) is 0.540. The highest BCUT2D eigenvalue weighted by Crippen LogP contribution is 2.19. The largest absolute Gasteiger partial charge is 0.477 e. The van der Waals surface area contributed by atoms with Crippen molar-refractivity contribution in [3.63, 3.8) is 0 Å². The van der Waals surface area contributed by atoms with E-state index < -0.39 is 5.97 Å². The fourth-order valence-corrected chi connectivity index (χ4v) is 1.86. The SMILES string of the molecule is O=C(O)c1snnc1CNC1CCC1. The number of nitrogens with zero attached hydrogens (tertiary/aromatic N) is 2. The average molecular weight is 213 g/mol. The van der Waals surface area contributed by atoms with E-state index in [1.54, 1.807) is 0 Å². The summed E-state index contributed by atoms with van der Waals surface area (Å²) in [7, 11) is 0.